The summed E-state index contributed by atoms with van der Waals surface area (Å²) in [7, 11) is 0. The van der Waals surface area contributed by atoms with Gasteiger partial charge in [0.05, 0.1) is 12.7 Å². The molecule has 1 N–H and O–H groups in total. The first-order valence-electron chi connectivity index (χ1n) is 12.1. The minimum absolute atomic E-state index is 0.0221. The molecule has 3 aliphatic rings. The molecule has 3 saturated carbocycles. The molecule has 1 aromatic carbocycles. The van der Waals surface area contributed by atoms with E-state index in [0.717, 1.165) is 24.4 Å². The highest BCUT2D eigenvalue weighted by Gasteiger charge is 2.61. The van der Waals surface area contributed by atoms with E-state index < -0.39 is 0 Å². The van der Waals surface area contributed by atoms with Crippen molar-refractivity contribution in [2.45, 2.75) is 91.2 Å². The van der Waals surface area contributed by atoms with E-state index in [4.69, 9.17) is 4.74 Å². The summed E-state index contributed by atoms with van der Waals surface area (Å²) in [5, 5.41) is 3.12. The van der Waals surface area contributed by atoms with Gasteiger partial charge in [0.25, 0.3) is 0 Å². The van der Waals surface area contributed by atoms with Crippen molar-refractivity contribution in [2.75, 3.05) is 18.5 Å². The van der Waals surface area contributed by atoms with E-state index in [0.29, 0.717) is 30.7 Å². The number of fused-ring (bicyclic) bond motifs is 2. The monoisotopic (exact) mass is 412 g/mol. The van der Waals surface area contributed by atoms with E-state index in [1.54, 1.807) is 0 Å². The molecule has 0 radical (unpaired) electrons. The number of carbonyl (C=O) groups excluding carboxylic acids is 1. The van der Waals surface area contributed by atoms with Crippen LogP contribution in [0.2, 0.25) is 0 Å². The van der Waals surface area contributed by atoms with Crippen LogP contribution in [-0.4, -0.2) is 36.2 Å². The third-order valence-corrected chi connectivity index (χ3v) is 8.94. The van der Waals surface area contributed by atoms with Crippen molar-refractivity contribution in [1.29, 1.82) is 0 Å². The van der Waals surface area contributed by atoms with Crippen LogP contribution in [0.25, 0.3) is 0 Å². The fraction of sp³-hybridized carbons (Fsp3) is 0.731. The Morgan fingerprint density at radius 2 is 1.80 bits per heavy atom. The van der Waals surface area contributed by atoms with E-state index in [2.05, 4.69) is 37.9 Å². The molecule has 166 valence electrons. The maximum absolute atomic E-state index is 13.2. The number of nitrogens with zero attached hydrogens (tertiary/aromatic N) is 1. The minimum Gasteiger partial charge on any atom is -0.376 e. The topological polar surface area (TPSA) is 41.6 Å². The molecule has 0 heterocycles. The highest BCUT2D eigenvalue weighted by Crippen LogP contribution is 2.66. The quantitative estimate of drug-likeness (QED) is 0.588. The van der Waals surface area contributed by atoms with Crippen LogP contribution in [0.15, 0.2) is 24.3 Å². The maximum atomic E-state index is 13.2. The number of ether oxygens (including phenoxy) is 1. The van der Waals surface area contributed by atoms with Gasteiger partial charge in [-0.2, -0.15) is 0 Å². The lowest BCUT2D eigenvalue weighted by Crippen LogP contribution is -2.46. The summed E-state index contributed by atoms with van der Waals surface area (Å²) in [6.45, 7) is 10.7. The van der Waals surface area contributed by atoms with E-state index in [1.807, 2.05) is 24.3 Å². The Morgan fingerprint density at radius 1 is 1.10 bits per heavy atom. The molecule has 0 aromatic heterocycles. The molecule has 3 atom stereocenters. The van der Waals surface area contributed by atoms with Crippen LogP contribution in [0.4, 0.5) is 10.5 Å². The van der Waals surface area contributed by atoms with Crippen LogP contribution >= 0.6 is 0 Å². The van der Waals surface area contributed by atoms with Crippen molar-refractivity contribution < 1.29 is 9.53 Å². The molecule has 0 saturated heterocycles. The third-order valence-electron chi connectivity index (χ3n) is 8.94. The molecular weight excluding hydrogens is 372 g/mol. The van der Waals surface area contributed by atoms with E-state index >= 15 is 0 Å². The van der Waals surface area contributed by atoms with Gasteiger partial charge in [-0.15, -0.1) is 0 Å². The smallest absolute Gasteiger partial charge is 0.322 e. The number of hydrogen-bond acceptors (Lipinski definition) is 2. The number of benzene rings is 1. The summed E-state index contributed by atoms with van der Waals surface area (Å²) in [4.78, 5) is 15.2. The largest absolute Gasteiger partial charge is 0.376 e. The summed E-state index contributed by atoms with van der Waals surface area (Å²) in [6.07, 6.45) is 10.1. The molecule has 4 nitrogen and oxygen atoms in total. The first-order valence-corrected chi connectivity index (χ1v) is 12.1. The number of amides is 2. The lowest BCUT2D eigenvalue weighted by Gasteiger charge is -2.39. The molecule has 4 rings (SSSR count). The van der Waals surface area contributed by atoms with Crippen molar-refractivity contribution in [2.24, 2.45) is 16.7 Å². The first kappa shape index (κ1) is 21.7. The molecular formula is C26H40N2O2. The van der Waals surface area contributed by atoms with Gasteiger partial charge in [0.15, 0.2) is 0 Å². The van der Waals surface area contributed by atoms with Gasteiger partial charge in [-0.1, -0.05) is 57.7 Å². The van der Waals surface area contributed by atoms with Gasteiger partial charge in [0.2, 0.25) is 0 Å². The van der Waals surface area contributed by atoms with Crippen LogP contribution in [-0.2, 0) is 4.74 Å². The Morgan fingerprint density at radius 3 is 2.40 bits per heavy atom. The van der Waals surface area contributed by atoms with Gasteiger partial charge in [-0.05, 0) is 67.9 Å². The zero-order valence-corrected chi connectivity index (χ0v) is 19.4. The predicted octanol–water partition coefficient (Wildman–Crippen LogP) is 6.39. The molecule has 0 spiro atoms. The van der Waals surface area contributed by atoms with E-state index in [1.165, 1.54) is 44.1 Å². The highest BCUT2D eigenvalue weighted by atomic mass is 16.5. The Balaban J connectivity index is 1.38. The maximum Gasteiger partial charge on any atom is 0.322 e. The molecule has 3 fully saturated rings. The zero-order valence-electron chi connectivity index (χ0n) is 19.4. The lowest BCUT2D eigenvalue weighted by molar-refractivity contribution is -0.0517. The fourth-order valence-corrected chi connectivity index (χ4v) is 6.35. The van der Waals surface area contributed by atoms with Gasteiger partial charge in [-0.3, -0.25) is 0 Å². The zero-order chi connectivity index (χ0) is 21.4. The van der Waals surface area contributed by atoms with E-state index in [-0.39, 0.29) is 11.4 Å². The number of carbonyl (C=O) groups is 1. The summed E-state index contributed by atoms with van der Waals surface area (Å²) >= 11 is 0. The second-order valence-corrected chi connectivity index (χ2v) is 10.8. The summed E-state index contributed by atoms with van der Waals surface area (Å²) in [6, 6.07) is 8.42. The van der Waals surface area contributed by atoms with Crippen molar-refractivity contribution in [3.05, 3.63) is 29.8 Å². The van der Waals surface area contributed by atoms with Gasteiger partial charge in [0.1, 0.15) is 0 Å². The second kappa shape index (κ2) is 8.53. The van der Waals surface area contributed by atoms with Crippen LogP contribution in [0, 0.1) is 23.7 Å². The van der Waals surface area contributed by atoms with Gasteiger partial charge >= 0.3 is 6.03 Å². The highest BCUT2D eigenvalue weighted by molar-refractivity contribution is 5.89. The minimum atomic E-state index is 0.0221. The van der Waals surface area contributed by atoms with Crippen LogP contribution in [0.3, 0.4) is 0 Å². The molecule has 2 amide bonds. The Labute approximate surface area is 182 Å². The molecule has 2 bridgehead atoms. The van der Waals surface area contributed by atoms with Crippen LogP contribution in [0.5, 0.6) is 0 Å². The van der Waals surface area contributed by atoms with Crippen molar-refractivity contribution >= 4 is 11.7 Å². The van der Waals surface area contributed by atoms with Gasteiger partial charge < -0.3 is 15.0 Å². The number of rotatable bonds is 6. The number of anilines is 1. The van der Waals surface area contributed by atoms with Crippen molar-refractivity contribution in [3.8, 4) is 0 Å². The molecule has 3 aliphatic carbocycles. The Kier molecular flexibility index (Phi) is 6.16. The predicted molar refractivity (Wildman–Crippen MR) is 123 cm³/mol. The first-order chi connectivity index (χ1) is 14.3. The summed E-state index contributed by atoms with van der Waals surface area (Å²) in [5.41, 5.74) is 2.71. The summed E-state index contributed by atoms with van der Waals surface area (Å²) < 4.78 is 6.49. The second-order valence-electron chi connectivity index (χ2n) is 10.8. The molecule has 4 heteroatoms. The summed E-state index contributed by atoms with van der Waals surface area (Å²) in [5.74, 6) is 0.784. The van der Waals surface area contributed by atoms with Gasteiger partial charge in [-0.25, -0.2) is 4.79 Å². The number of nitrogens with one attached hydrogen (secondary N) is 1. The lowest BCUT2D eigenvalue weighted by atomic mass is 9.70. The number of urea groups is 1. The van der Waals surface area contributed by atoms with Crippen LogP contribution in [0.1, 0.15) is 77.7 Å². The third kappa shape index (κ3) is 4.00. The molecule has 1 aromatic rings. The standard InChI is InChI=1S/C26H40N2O2/c1-19-10-12-21(13-11-19)27-24(29)28(22-8-6-5-7-9-22)16-17-30-23-18-20-14-15-26(23,4)25(20,2)3/h10-13,20,22-23H,5-9,14-18H2,1-4H3,(H,27,29)/t20-,23+,26+/m1/s1. The molecule has 30 heavy (non-hydrogen) atoms. The van der Waals surface area contributed by atoms with Crippen LogP contribution < -0.4 is 5.32 Å². The average molecular weight is 413 g/mol. The van der Waals surface area contributed by atoms with E-state index in [9.17, 15) is 4.79 Å². The SMILES string of the molecule is Cc1ccc(NC(=O)N(CCO[C@H]2C[C@H]3CC[C@]2(C)C3(C)C)C2CCCCC2)cc1. The fourth-order valence-electron chi connectivity index (χ4n) is 6.35. The Hall–Kier alpha value is -1.55. The average Bonchev–Trinajstić information content (AvgIpc) is 3.07. The molecule has 0 aliphatic heterocycles. The number of hydrogen-bond donors (Lipinski definition) is 1. The van der Waals surface area contributed by atoms with Crippen molar-refractivity contribution in [3.63, 3.8) is 0 Å². The number of aryl methyl sites for hydroxylation is 1. The Bertz CT molecular complexity index is 738. The van der Waals surface area contributed by atoms with Crippen molar-refractivity contribution in [1.82, 2.24) is 4.90 Å². The van der Waals surface area contributed by atoms with Gasteiger partial charge in [0, 0.05) is 18.3 Å². The normalized spacial score (nSPS) is 30.4. The molecule has 0 unspecified atom stereocenters.